The summed E-state index contributed by atoms with van der Waals surface area (Å²) < 4.78 is 5.80. The number of benzene rings is 1. The van der Waals surface area contributed by atoms with Crippen LogP contribution in [0.1, 0.15) is 39.5 Å². The molecule has 0 saturated heterocycles. The van der Waals surface area contributed by atoms with Crippen LogP contribution in [0.4, 0.5) is 5.69 Å². The van der Waals surface area contributed by atoms with Gasteiger partial charge in [-0.25, -0.2) is 4.98 Å². The third kappa shape index (κ3) is 3.51. The number of nitrogens with zero attached hydrogens (tertiary/aromatic N) is 2. The fraction of sp³-hybridized carbons (Fsp3) is 0.562. The molecule has 110 valence electrons. The van der Waals surface area contributed by atoms with Crippen molar-refractivity contribution in [2.75, 3.05) is 18.8 Å². The molecule has 0 bridgehead atoms. The third-order valence-electron chi connectivity index (χ3n) is 3.93. The molecule has 0 saturated carbocycles. The van der Waals surface area contributed by atoms with Crippen molar-refractivity contribution in [3.63, 3.8) is 0 Å². The maximum atomic E-state index is 5.80. The van der Waals surface area contributed by atoms with Gasteiger partial charge in [-0.05, 0) is 24.6 Å². The highest BCUT2D eigenvalue weighted by Crippen LogP contribution is 2.20. The molecule has 0 unspecified atom stereocenters. The first kappa shape index (κ1) is 14.9. The molecular weight excluding hydrogens is 250 g/mol. The van der Waals surface area contributed by atoms with E-state index in [0.29, 0.717) is 5.69 Å². The molecule has 20 heavy (non-hydrogen) atoms. The van der Waals surface area contributed by atoms with Crippen LogP contribution in [-0.4, -0.2) is 23.0 Å². The molecule has 0 spiro atoms. The number of anilines is 1. The zero-order valence-electron chi connectivity index (χ0n) is 12.7. The second-order valence-electron chi connectivity index (χ2n) is 5.35. The van der Waals surface area contributed by atoms with Crippen LogP contribution in [0.15, 0.2) is 22.6 Å². The van der Waals surface area contributed by atoms with Gasteiger partial charge in [-0.1, -0.05) is 33.6 Å². The van der Waals surface area contributed by atoms with Gasteiger partial charge in [0.1, 0.15) is 5.52 Å². The molecule has 0 aliphatic heterocycles. The predicted octanol–water partition coefficient (Wildman–Crippen LogP) is 3.67. The lowest BCUT2D eigenvalue weighted by Gasteiger charge is -2.23. The van der Waals surface area contributed by atoms with E-state index in [1.165, 1.54) is 12.8 Å². The third-order valence-corrected chi connectivity index (χ3v) is 3.93. The van der Waals surface area contributed by atoms with Crippen molar-refractivity contribution >= 4 is 16.8 Å². The van der Waals surface area contributed by atoms with Crippen LogP contribution >= 0.6 is 0 Å². The first-order valence-electron chi connectivity index (χ1n) is 7.53. The molecule has 0 aliphatic rings. The predicted molar refractivity (Wildman–Crippen MR) is 83.4 cm³/mol. The topological polar surface area (TPSA) is 55.3 Å². The van der Waals surface area contributed by atoms with E-state index in [4.69, 9.17) is 10.2 Å². The molecule has 4 heteroatoms. The fourth-order valence-corrected chi connectivity index (χ4v) is 2.47. The van der Waals surface area contributed by atoms with Crippen LogP contribution in [0.5, 0.6) is 0 Å². The summed E-state index contributed by atoms with van der Waals surface area (Å²) >= 11 is 0. The van der Waals surface area contributed by atoms with Crippen LogP contribution in [0, 0.1) is 5.92 Å². The number of aromatic nitrogens is 1. The minimum Gasteiger partial charge on any atom is -0.439 e. The molecule has 2 N–H and O–H groups in total. The molecule has 0 amide bonds. The lowest BCUT2D eigenvalue weighted by molar-refractivity contribution is 0.209. The highest BCUT2D eigenvalue weighted by Gasteiger charge is 2.14. The van der Waals surface area contributed by atoms with Gasteiger partial charge in [-0.2, -0.15) is 0 Å². The Balaban J connectivity index is 2.09. The zero-order chi connectivity index (χ0) is 14.5. The van der Waals surface area contributed by atoms with Gasteiger partial charge in [-0.15, -0.1) is 0 Å². The summed E-state index contributed by atoms with van der Waals surface area (Å²) in [6.07, 6.45) is 2.44. The lowest BCUT2D eigenvalue weighted by Crippen LogP contribution is -2.28. The Kier molecular flexibility index (Phi) is 5.01. The van der Waals surface area contributed by atoms with Crippen LogP contribution in [-0.2, 0) is 6.54 Å². The van der Waals surface area contributed by atoms with E-state index in [1.807, 2.05) is 18.2 Å². The lowest BCUT2D eigenvalue weighted by atomic mass is 10.0. The van der Waals surface area contributed by atoms with Gasteiger partial charge in [0.25, 0.3) is 0 Å². The Morgan fingerprint density at radius 2 is 2.00 bits per heavy atom. The van der Waals surface area contributed by atoms with Crippen molar-refractivity contribution in [1.82, 2.24) is 9.88 Å². The quantitative estimate of drug-likeness (QED) is 0.783. The Bertz CT molecular complexity index is 546. The fourth-order valence-electron chi connectivity index (χ4n) is 2.47. The summed E-state index contributed by atoms with van der Waals surface area (Å²) in [5.41, 5.74) is 8.14. The normalized spacial score (nSPS) is 11.8. The van der Waals surface area contributed by atoms with Crippen LogP contribution in [0.2, 0.25) is 0 Å². The molecular formula is C16H25N3O. The largest absolute Gasteiger partial charge is 0.439 e. The van der Waals surface area contributed by atoms with Crippen molar-refractivity contribution in [3.8, 4) is 0 Å². The molecule has 0 aliphatic carbocycles. The highest BCUT2D eigenvalue weighted by molar-refractivity contribution is 5.76. The van der Waals surface area contributed by atoms with Gasteiger partial charge in [0.15, 0.2) is 5.58 Å². The number of fused-ring (bicyclic) bond motifs is 1. The number of rotatable bonds is 7. The molecule has 4 nitrogen and oxygen atoms in total. The van der Waals surface area contributed by atoms with E-state index in [9.17, 15) is 0 Å². The average Bonchev–Trinajstić information content (AvgIpc) is 2.84. The number of nitrogens with two attached hydrogens (primary N) is 1. The maximum Gasteiger partial charge on any atom is 0.209 e. The first-order valence-corrected chi connectivity index (χ1v) is 7.53. The van der Waals surface area contributed by atoms with Gasteiger partial charge in [0.05, 0.1) is 6.54 Å². The minimum atomic E-state index is 0.713. The van der Waals surface area contributed by atoms with Crippen LogP contribution in [0.3, 0.4) is 0 Å². The molecule has 1 aromatic carbocycles. The Morgan fingerprint density at radius 1 is 1.25 bits per heavy atom. The Morgan fingerprint density at radius 3 is 2.65 bits per heavy atom. The van der Waals surface area contributed by atoms with E-state index < -0.39 is 0 Å². The number of nitrogen functional groups attached to an aromatic ring is 1. The summed E-state index contributed by atoms with van der Waals surface area (Å²) in [5.74, 6) is 1.52. The second kappa shape index (κ2) is 6.75. The van der Waals surface area contributed by atoms with Crippen molar-refractivity contribution in [2.24, 2.45) is 5.92 Å². The smallest absolute Gasteiger partial charge is 0.209 e. The summed E-state index contributed by atoms with van der Waals surface area (Å²) in [7, 11) is 0. The zero-order valence-corrected chi connectivity index (χ0v) is 12.7. The van der Waals surface area contributed by atoms with Gasteiger partial charge in [0.2, 0.25) is 5.89 Å². The second-order valence-corrected chi connectivity index (χ2v) is 5.35. The maximum absolute atomic E-state index is 5.80. The summed E-state index contributed by atoms with van der Waals surface area (Å²) in [5, 5.41) is 0. The molecule has 0 atom stereocenters. The molecule has 1 aromatic heterocycles. The van der Waals surface area contributed by atoms with E-state index in [2.05, 4.69) is 30.7 Å². The average molecular weight is 275 g/mol. The van der Waals surface area contributed by atoms with Crippen LogP contribution in [0.25, 0.3) is 11.1 Å². The van der Waals surface area contributed by atoms with Gasteiger partial charge in [-0.3, -0.25) is 4.90 Å². The van der Waals surface area contributed by atoms with Crippen molar-refractivity contribution < 1.29 is 4.42 Å². The molecule has 2 rings (SSSR count). The molecule has 1 heterocycles. The summed E-state index contributed by atoms with van der Waals surface area (Å²) in [6, 6.07) is 5.61. The number of hydrogen-bond acceptors (Lipinski definition) is 4. The van der Waals surface area contributed by atoms with E-state index >= 15 is 0 Å². The summed E-state index contributed by atoms with van der Waals surface area (Å²) in [6.45, 7) is 9.57. The van der Waals surface area contributed by atoms with Crippen LogP contribution < -0.4 is 5.73 Å². The van der Waals surface area contributed by atoms with E-state index in [-0.39, 0.29) is 0 Å². The number of hydrogen-bond donors (Lipinski definition) is 1. The van der Waals surface area contributed by atoms with Crippen molar-refractivity contribution in [2.45, 2.75) is 40.2 Å². The van der Waals surface area contributed by atoms with Gasteiger partial charge < -0.3 is 10.2 Å². The molecule has 0 fully saturated rings. The van der Waals surface area contributed by atoms with E-state index in [0.717, 1.165) is 42.5 Å². The Hall–Kier alpha value is -1.55. The van der Waals surface area contributed by atoms with E-state index in [1.54, 1.807) is 0 Å². The molecule has 0 radical (unpaired) electrons. The number of oxazole rings is 1. The minimum absolute atomic E-state index is 0.713. The monoisotopic (exact) mass is 275 g/mol. The van der Waals surface area contributed by atoms with Crippen molar-refractivity contribution in [1.29, 1.82) is 0 Å². The summed E-state index contributed by atoms with van der Waals surface area (Å²) in [4.78, 5) is 6.93. The SMILES string of the molecule is CCC(CC)CN(CC)Cc1nc2ccc(N)cc2o1. The Labute approximate surface area is 121 Å². The first-order chi connectivity index (χ1) is 9.66. The molecule has 2 aromatic rings. The van der Waals surface area contributed by atoms with Gasteiger partial charge in [0, 0.05) is 18.3 Å². The van der Waals surface area contributed by atoms with Gasteiger partial charge >= 0.3 is 0 Å². The highest BCUT2D eigenvalue weighted by atomic mass is 16.3. The standard InChI is InChI=1S/C16H25N3O/c1-4-12(5-2)10-19(6-3)11-16-18-14-8-7-13(17)9-15(14)20-16/h7-9,12H,4-6,10-11,17H2,1-3H3. The van der Waals surface area contributed by atoms with Crippen molar-refractivity contribution in [3.05, 3.63) is 24.1 Å².